The van der Waals surface area contributed by atoms with Gasteiger partial charge in [0.15, 0.2) is 11.8 Å². The molecule has 0 saturated carbocycles. The summed E-state index contributed by atoms with van der Waals surface area (Å²) >= 11 is 0. The number of aliphatic imine (C=N–C) groups is 1. The smallest absolute Gasteiger partial charge is 0.191 e. The van der Waals surface area contributed by atoms with Crippen molar-refractivity contribution in [2.24, 2.45) is 4.99 Å². The maximum Gasteiger partial charge on any atom is 0.191 e. The lowest BCUT2D eigenvalue weighted by Crippen LogP contribution is -2.47. The third-order valence-corrected chi connectivity index (χ3v) is 5.71. The standard InChI is InChI=1S/C24H34N8.HI/c1-6-25-24(27-20-11-12-22-28-23(16(2)3)30-31(22)15-20)26-14-19-9-7-8-10-21(19)32-18(5)13-17(4)29-32;/h7-10,13,16,20H,6,11-12,14-15H2,1-5H3,(H2,25,26,27);1H. The quantitative estimate of drug-likeness (QED) is 0.271. The number of nitrogens with zero attached hydrogens (tertiary/aromatic N) is 6. The van der Waals surface area contributed by atoms with Gasteiger partial charge in [0.2, 0.25) is 0 Å². The lowest BCUT2D eigenvalue weighted by molar-refractivity contribution is 0.391. The highest BCUT2D eigenvalue weighted by Crippen LogP contribution is 2.19. The van der Waals surface area contributed by atoms with Crippen molar-refractivity contribution in [2.75, 3.05) is 6.54 Å². The van der Waals surface area contributed by atoms with Crippen LogP contribution in [0.5, 0.6) is 0 Å². The second-order valence-corrected chi connectivity index (χ2v) is 8.77. The van der Waals surface area contributed by atoms with Crippen molar-refractivity contribution >= 4 is 29.9 Å². The molecule has 0 amide bonds. The fraction of sp³-hybridized carbons (Fsp3) is 0.500. The normalized spacial score (nSPS) is 15.8. The maximum atomic E-state index is 4.90. The molecule has 1 aliphatic rings. The summed E-state index contributed by atoms with van der Waals surface area (Å²) in [5.74, 6) is 3.20. The molecule has 0 bridgehead atoms. The highest BCUT2D eigenvalue weighted by molar-refractivity contribution is 14.0. The molecule has 0 fully saturated rings. The molecule has 3 heterocycles. The van der Waals surface area contributed by atoms with E-state index in [0.29, 0.717) is 12.5 Å². The van der Waals surface area contributed by atoms with Gasteiger partial charge in [-0.1, -0.05) is 32.0 Å². The number of rotatable bonds is 6. The molecule has 4 rings (SSSR count). The molecule has 8 nitrogen and oxygen atoms in total. The molecule has 178 valence electrons. The molecule has 1 aliphatic heterocycles. The van der Waals surface area contributed by atoms with E-state index in [0.717, 1.165) is 66.2 Å². The van der Waals surface area contributed by atoms with E-state index in [9.17, 15) is 0 Å². The minimum Gasteiger partial charge on any atom is -0.357 e. The second-order valence-electron chi connectivity index (χ2n) is 8.77. The van der Waals surface area contributed by atoms with E-state index in [2.05, 4.69) is 72.4 Å². The summed E-state index contributed by atoms with van der Waals surface area (Å²) in [5.41, 5.74) is 4.35. The molecule has 1 aromatic carbocycles. The molecule has 2 aromatic heterocycles. The van der Waals surface area contributed by atoms with Gasteiger partial charge in [0.05, 0.1) is 24.5 Å². The van der Waals surface area contributed by atoms with Gasteiger partial charge in [-0.2, -0.15) is 10.2 Å². The molecule has 9 heteroatoms. The fourth-order valence-electron chi connectivity index (χ4n) is 4.09. The predicted molar refractivity (Wildman–Crippen MR) is 143 cm³/mol. The number of benzene rings is 1. The summed E-state index contributed by atoms with van der Waals surface area (Å²) in [4.78, 5) is 9.59. The van der Waals surface area contributed by atoms with Gasteiger partial charge in [-0.3, -0.25) is 0 Å². The van der Waals surface area contributed by atoms with Gasteiger partial charge in [-0.25, -0.2) is 19.3 Å². The monoisotopic (exact) mass is 562 g/mol. The van der Waals surface area contributed by atoms with E-state index in [1.807, 2.05) is 17.7 Å². The second kappa shape index (κ2) is 11.1. The van der Waals surface area contributed by atoms with Crippen LogP contribution in [-0.2, 0) is 19.5 Å². The first-order valence-electron chi connectivity index (χ1n) is 11.5. The third-order valence-electron chi connectivity index (χ3n) is 5.71. The Balaban J connectivity index is 0.00000306. The molecule has 0 radical (unpaired) electrons. The summed E-state index contributed by atoms with van der Waals surface area (Å²) < 4.78 is 4.05. The van der Waals surface area contributed by atoms with Crippen molar-refractivity contribution in [2.45, 2.75) is 72.5 Å². The van der Waals surface area contributed by atoms with Gasteiger partial charge in [0.1, 0.15) is 5.82 Å². The van der Waals surface area contributed by atoms with Crippen molar-refractivity contribution in [1.82, 2.24) is 35.2 Å². The van der Waals surface area contributed by atoms with Crippen molar-refractivity contribution in [1.29, 1.82) is 0 Å². The lowest BCUT2D eigenvalue weighted by atomic mass is 10.1. The van der Waals surface area contributed by atoms with E-state index in [-0.39, 0.29) is 30.0 Å². The number of aryl methyl sites for hydroxylation is 3. The van der Waals surface area contributed by atoms with Crippen LogP contribution in [0, 0.1) is 13.8 Å². The van der Waals surface area contributed by atoms with Gasteiger partial charge >= 0.3 is 0 Å². The first-order valence-corrected chi connectivity index (χ1v) is 11.5. The van der Waals surface area contributed by atoms with Crippen molar-refractivity contribution in [3.63, 3.8) is 0 Å². The third kappa shape index (κ3) is 5.93. The fourth-order valence-corrected chi connectivity index (χ4v) is 4.09. The zero-order valence-corrected chi connectivity index (χ0v) is 22.5. The average Bonchev–Trinajstić information content (AvgIpc) is 3.34. The lowest BCUT2D eigenvalue weighted by Gasteiger charge is -2.25. The van der Waals surface area contributed by atoms with Crippen LogP contribution in [0.15, 0.2) is 35.3 Å². The number of guanidine groups is 1. The van der Waals surface area contributed by atoms with Gasteiger partial charge in [-0.05, 0) is 44.9 Å². The summed E-state index contributed by atoms with van der Waals surface area (Å²) in [6.07, 6.45) is 1.94. The van der Waals surface area contributed by atoms with E-state index in [1.54, 1.807) is 0 Å². The van der Waals surface area contributed by atoms with Crippen LogP contribution in [0.2, 0.25) is 0 Å². The Morgan fingerprint density at radius 3 is 2.70 bits per heavy atom. The van der Waals surface area contributed by atoms with Gasteiger partial charge in [0, 0.05) is 30.6 Å². The minimum absolute atomic E-state index is 0. The van der Waals surface area contributed by atoms with Crippen molar-refractivity contribution in [3.8, 4) is 5.69 Å². The van der Waals surface area contributed by atoms with E-state index < -0.39 is 0 Å². The van der Waals surface area contributed by atoms with Gasteiger partial charge in [-0.15, -0.1) is 24.0 Å². The summed E-state index contributed by atoms with van der Waals surface area (Å²) in [6.45, 7) is 12.7. The van der Waals surface area contributed by atoms with Crippen LogP contribution in [0.25, 0.3) is 5.69 Å². The topological polar surface area (TPSA) is 84.9 Å². The van der Waals surface area contributed by atoms with Crippen LogP contribution in [0.4, 0.5) is 0 Å². The number of halogens is 1. The zero-order chi connectivity index (χ0) is 22.7. The number of hydrogen-bond acceptors (Lipinski definition) is 4. The zero-order valence-electron chi connectivity index (χ0n) is 20.2. The van der Waals surface area contributed by atoms with Gasteiger partial charge < -0.3 is 10.6 Å². The average molecular weight is 563 g/mol. The predicted octanol–water partition coefficient (Wildman–Crippen LogP) is 3.89. The largest absolute Gasteiger partial charge is 0.357 e. The number of aromatic nitrogens is 5. The number of nitrogens with one attached hydrogen (secondary N) is 2. The molecular formula is C24H35IN8. The first-order chi connectivity index (χ1) is 15.4. The summed E-state index contributed by atoms with van der Waals surface area (Å²) in [6, 6.07) is 10.7. The Bertz CT molecular complexity index is 1100. The van der Waals surface area contributed by atoms with Crippen LogP contribution in [0.3, 0.4) is 0 Å². The molecule has 2 N–H and O–H groups in total. The summed E-state index contributed by atoms with van der Waals surface area (Å²) in [7, 11) is 0. The van der Waals surface area contributed by atoms with E-state index in [4.69, 9.17) is 15.1 Å². The molecule has 1 atom stereocenters. The van der Waals surface area contributed by atoms with Crippen LogP contribution < -0.4 is 10.6 Å². The Morgan fingerprint density at radius 2 is 2.00 bits per heavy atom. The molecule has 0 aliphatic carbocycles. The Kier molecular flexibility index (Phi) is 8.50. The summed E-state index contributed by atoms with van der Waals surface area (Å²) in [5, 5.41) is 16.4. The molecule has 33 heavy (non-hydrogen) atoms. The number of fused-ring (bicyclic) bond motifs is 1. The Morgan fingerprint density at radius 1 is 1.21 bits per heavy atom. The van der Waals surface area contributed by atoms with Crippen molar-refractivity contribution < 1.29 is 0 Å². The Labute approximate surface area is 213 Å². The maximum absolute atomic E-state index is 4.90. The van der Waals surface area contributed by atoms with E-state index in [1.165, 1.54) is 0 Å². The SMILES string of the molecule is CCNC(=NCc1ccccc1-n1nc(C)cc1C)NC1CCc2nc(C(C)C)nn2C1.I. The molecule has 1 unspecified atom stereocenters. The molecular weight excluding hydrogens is 527 g/mol. The van der Waals surface area contributed by atoms with E-state index >= 15 is 0 Å². The number of para-hydroxylation sites is 1. The Hall–Kier alpha value is -2.43. The van der Waals surface area contributed by atoms with Crippen LogP contribution >= 0.6 is 24.0 Å². The van der Waals surface area contributed by atoms with Gasteiger partial charge in [0.25, 0.3) is 0 Å². The molecule has 0 spiro atoms. The van der Waals surface area contributed by atoms with Crippen LogP contribution in [-0.4, -0.2) is 43.1 Å². The van der Waals surface area contributed by atoms with Crippen molar-refractivity contribution in [3.05, 3.63) is 58.9 Å². The molecule has 0 saturated heterocycles. The highest BCUT2D eigenvalue weighted by Gasteiger charge is 2.23. The highest BCUT2D eigenvalue weighted by atomic mass is 127. The first kappa shape index (κ1) is 25.2. The number of hydrogen-bond donors (Lipinski definition) is 2. The van der Waals surface area contributed by atoms with Crippen LogP contribution in [0.1, 0.15) is 61.7 Å². The molecule has 3 aromatic rings. The minimum atomic E-state index is 0.